The molecule has 15 heteroatoms. The molecule has 5 fully saturated rings. The normalized spacial score (nSPS) is 22.5. The SMILES string of the molecule is C=CC1CC1C(=O)O.COc1ccc2c(=O)cc(-c3csc(NC4CCCC4)n3)[nH]c2c1.NC(=O)C1CCCN1C(=O)C(NC(=O)OC1CCCC1)C1CCCCC1. The molecule has 2 aromatic heterocycles. The maximum absolute atomic E-state index is 13.2. The van der Waals surface area contributed by atoms with Gasteiger partial charge in [-0.15, -0.1) is 17.9 Å². The molecule has 1 aromatic carbocycles. The number of thiazole rings is 1. The lowest BCUT2D eigenvalue weighted by molar-refractivity contribution is -0.140. The fourth-order valence-corrected chi connectivity index (χ4v) is 9.43. The first-order chi connectivity index (χ1) is 28.0. The van der Waals surface area contributed by atoms with Crippen LogP contribution < -0.4 is 26.5 Å². The van der Waals surface area contributed by atoms with E-state index >= 15 is 0 Å². The van der Waals surface area contributed by atoms with Crippen LogP contribution in [0.3, 0.4) is 0 Å². The van der Waals surface area contributed by atoms with Gasteiger partial charge in [0.1, 0.15) is 23.9 Å². The minimum absolute atomic E-state index is 0.0142. The number of aromatic nitrogens is 2. The maximum Gasteiger partial charge on any atom is 0.408 e. The Morgan fingerprint density at radius 1 is 1.00 bits per heavy atom. The number of rotatable bonds is 11. The Kier molecular flexibility index (Phi) is 14.8. The number of nitrogens with one attached hydrogen (secondary N) is 3. The number of hydrogen-bond acceptors (Lipinski definition) is 10. The third kappa shape index (κ3) is 11.2. The molecule has 0 radical (unpaired) electrons. The number of aliphatic carboxylic acids is 1. The lowest BCUT2D eigenvalue weighted by atomic mass is 9.83. The van der Waals surface area contributed by atoms with E-state index in [9.17, 15) is 24.0 Å². The van der Waals surface area contributed by atoms with Crippen molar-refractivity contribution in [1.82, 2.24) is 20.2 Å². The molecule has 4 saturated carbocycles. The maximum atomic E-state index is 13.2. The lowest BCUT2D eigenvalue weighted by Gasteiger charge is -2.34. The molecule has 0 spiro atoms. The van der Waals surface area contributed by atoms with E-state index in [1.165, 1.54) is 25.7 Å². The van der Waals surface area contributed by atoms with Gasteiger partial charge in [0.2, 0.25) is 11.8 Å². The van der Waals surface area contributed by atoms with Gasteiger partial charge in [-0.05, 0) is 94.6 Å². The van der Waals surface area contributed by atoms with Gasteiger partial charge in [0.15, 0.2) is 10.6 Å². The van der Waals surface area contributed by atoms with Gasteiger partial charge in [-0.2, -0.15) is 0 Å². The predicted molar refractivity (Wildman–Crippen MR) is 224 cm³/mol. The van der Waals surface area contributed by atoms with Gasteiger partial charge < -0.3 is 40.8 Å². The van der Waals surface area contributed by atoms with Crippen LogP contribution in [0, 0.1) is 17.8 Å². The van der Waals surface area contributed by atoms with Gasteiger partial charge in [-0.3, -0.25) is 19.2 Å². The molecule has 4 atom stereocenters. The molecule has 4 aliphatic carbocycles. The zero-order valence-corrected chi connectivity index (χ0v) is 34.2. The zero-order chi connectivity index (χ0) is 41.2. The van der Waals surface area contributed by atoms with Crippen LogP contribution in [0.5, 0.6) is 5.75 Å². The number of fused-ring (bicyclic) bond motifs is 1. The molecule has 5 aliphatic rings. The summed E-state index contributed by atoms with van der Waals surface area (Å²) in [5.74, 6) is -0.373. The summed E-state index contributed by atoms with van der Waals surface area (Å²) in [5, 5.41) is 18.2. The quantitative estimate of drug-likeness (QED) is 0.125. The number of primary amides is 1. The molecule has 1 aliphatic heterocycles. The lowest BCUT2D eigenvalue weighted by Crippen LogP contribution is -2.56. The first-order valence-electron chi connectivity index (χ1n) is 20.9. The van der Waals surface area contributed by atoms with Gasteiger partial charge in [0.25, 0.3) is 0 Å². The number of carbonyl (C=O) groups excluding carboxylic acids is 3. The number of amides is 3. The molecule has 3 heterocycles. The molecule has 4 unspecified atom stereocenters. The molecule has 58 heavy (non-hydrogen) atoms. The molecular formula is C43H58N6O8S. The fraction of sp³-hybridized carbons (Fsp3) is 0.581. The molecule has 1 saturated heterocycles. The van der Waals surface area contributed by atoms with E-state index in [1.807, 2.05) is 11.4 Å². The largest absolute Gasteiger partial charge is 0.497 e. The predicted octanol–water partition coefficient (Wildman–Crippen LogP) is 6.99. The number of likely N-dealkylation sites (tertiary alicyclic amines) is 1. The van der Waals surface area contributed by atoms with Crippen molar-refractivity contribution in [2.75, 3.05) is 19.0 Å². The summed E-state index contributed by atoms with van der Waals surface area (Å²) >= 11 is 1.58. The number of nitrogens with zero attached hydrogens (tertiary/aromatic N) is 2. The summed E-state index contributed by atoms with van der Waals surface area (Å²) in [5.41, 5.74) is 7.74. The van der Waals surface area contributed by atoms with Crippen molar-refractivity contribution < 1.29 is 33.8 Å². The summed E-state index contributed by atoms with van der Waals surface area (Å²) in [6.45, 7) is 4.01. The van der Waals surface area contributed by atoms with Gasteiger partial charge in [0, 0.05) is 35.5 Å². The first kappa shape index (κ1) is 42.7. The van der Waals surface area contributed by atoms with Crippen molar-refractivity contribution in [3.63, 3.8) is 0 Å². The summed E-state index contributed by atoms with van der Waals surface area (Å²) in [6, 6.07) is 6.39. The summed E-state index contributed by atoms with van der Waals surface area (Å²) < 4.78 is 10.7. The number of ether oxygens (including phenoxy) is 2. The molecular weight excluding hydrogens is 761 g/mol. The first-order valence-corrected chi connectivity index (χ1v) is 21.8. The van der Waals surface area contributed by atoms with Crippen molar-refractivity contribution in [3.05, 3.63) is 52.5 Å². The Labute approximate surface area is 343 Å². The van der Waals surface area contributed by atoms with Gasteiger partial charge in [0.05, 0.1) is 29.9 Å². The van der Waals surface area contributed by atoms with Crippen LogP contribution in [-0.2, 0) is 19.1 Å². The molecule has 0 bridgehead atoms. The van der Waals surface area contributed by atoms with Crippen LogP contribution in [0.1, 0.15) is 103 Å². The van der Waals surface area contributed by atoms with Crippen LogP contribution in [0.2, 0.25) is 0 Å². The Bertz CT molecular complexity index is 1960. The van der Waals surface area contributed by atoms with Gasteiger partial charge >= 0.3 is 12.1 Å². The van der Waals surface area contributed by atoms with Crippen LogP contribution in [-0.4, -0.2) is 81.7 Å². The minimum Gasteiger partial charge on any atom is -0.497 e. The number of nitrogens with two attached hydrogens (primary N) is 1. The molecule has 314 valence electrons. The molecule has 3 aromatic rings. The topological polar surface area (TPSA) is 206 Å². The highest BCUT2D eigenvalue weighted by Gasteiger charge is 2.41. The minimum atomic E-state index is -0.685. The highest BCUT2D eigenvalue weighted by atomic mass is 32.1. The zero-order valence-electron chi connectivity index (χ0n) is 33.4. The number of methoxy groups -OCH3 is 1. The Balaban J connectivity index is 0.000000165. The third-order valence-electron chi connectivity index (χ3n) is 12.1. The number of hydrogen-bond donors (Lipinski definition) is 5. The number of alkyl carbamates (subject to hydrolysis) is 1. The molecule has 6 N–H and O–H groups in total. The summed E-state index contributed by atoms with van der Waals surface area (Å²) in [7, 11) is 1.62. The number of aromatic amines is 1. The number of carbonyl (C=O) groups is 4. The average molecular weight is 819 g/mol. The number of carboxylic acids is 1. The van der Waals surface area contributed by atoms with Crippen molar-refractivity contribution in [2.45, 2.75) is 127 Å². The third-order valence-corrected chi connectivity index (χ3v) is 12.8. The second kappa shape index (κ2) is 20.2. The van der Waals surface area contributed by atoms with Gasteiger partial charge in [-0.25, -0.2) is 9.78 Å². The van der Waals surface area contributed by atoms with E-state index in [0.717, 1.165) is 98.4 Å². The van der Waals surface area contributed by atoms with Crippen LogP contribution in [0.4, 0.5) is 9.93 Å². The van der Waals surface area contributed by atoms with Crippen LogP contribution in [0.15, 0.2) is 47.1 Å². The Morgan fingerprint density at radius 2 is 1.71 bits per heavy atom. The highest BCUT2D eigenvalue weighted by Crippen LogP contribution is 2.39. The number of H-pyrrole nitrogens is 1. The smallest absolute Gasteiger partial charge is 0.408 e. The number of benzene rings is 1. The van der Waals surface area contributed by atoms with Crippen molar-refractivity contribution >= 4 is 51.2 Å². The number of anilines is 1. The average Bonchev–Trinajstić information content (AvgIpc) is 3.81. The van der Waals surface area contributed by atoms with Crippen LogP contribution in [0.25, 0.3) is 22.3 Å². The standard InChI is InChI=1S/C19H31N3O4.C18H19N3O2S.C6H8O2/c20-17(23)15-11-6-12-22(15)18(24)16(13-7-2-1-3-8-13)21-19(25)26-14-9-4-5-10-14;1-23-12-6-7-13-14(8-12)20-15(9-17(13)22)16-10-24-18(21-16)19-11-4-2-3-5-11;1-2-4-3-5(4)6(7)8/h13-16H,1-12H2,(H2,20,23)(H,21,25);6-11H,2-5H2,1H3,(H,19,21)(H,20,22);2,4-5H,1,3H2,(H,7,8). The molecule has 8 rings (SSSR count). The van der Waals surface area contributed by atoms with Crippen molar-refractivity contribution in [1.29, 1.82) is 0 Å². The molecule has 3 amide bonds. The molecule has 14 nitrogen and oxygen atoms in total. The Morgan fingerprint density at radius 3 is 2.34 bits per heavy atom. The second-order valence-electron chi connectivity index (χ2n) is 16.1. The monoisotopic (exact) mass is 818 g/mol. The van der Waals surface area contributed by atoms with Crippen molar-refractivity contribution in [3.8, 4) is 17.1 Å². The van der Waals surface area contributed by atoms with E-state index in [4.69, 9.17) is 20.3 Å². The van der Waals surface area contributed by atoms with Crippen LogP contribution >= 0.6 is 11.3 Å². The van der Waals surface area contributed by atoms with E-state index in [0.29, 0.717) is 24.4 Å². The van der Waals surface area contributed by atoms with Gasteiger partial charge in [-0.1, -0.05) is 38.2 Å². The van der Waals surface area contributed by atoms with E-state index < -0.39 is 30.1 Å². The second-order valence-corrected chi connectivity index (χ2v) is 17.0. The fourth-order valence-electron chi connectivity index (χ4n) is 8.64. The van der Waals surface area contributed by atoms with E-state index in [2.05, 4.69) is 27.2 Å². The van der Waals surface area contributed by atoms with E-state index in [-0.39, 0.29) is 35.2 Å². The summed E-state index contributed by atoms with van der Waals surface area (Å²) in [4.78, 5) is 69.2. The number of pyridine rings is 1. The number of allylic oxidation sites excluding steroid dienone is 1. The summed E-state index contributed by atoms with van der Waals surface area (Å²) in [6.07, 6.45) is 17.4. The van der Waals surface area contributed by atoms with E-state index in [1.54, 1.807) is 47.6 Å². The van der Waals surface area contributed by atoms with Crippen molar-refractivity contribution in [2.24, 2.45) is 23.5 Å². The number of carboxylic acid groups (broad SMARTS) is 1. The highest BCUT2D eigenvalue weighted by molar-refractivity contribution is 7.14. The Hall–Kier alpha value is -4.92.